The molecular weight excluding hydrogens is 80.1 g/mol. The highest BCUT2D eigenvalue weighted by molar-refractivity contribution is 8.01. The molecule has 0 N–H and O–H groups in total. The lowest BCUT2D eigenvalue weighted by molar-refractivity contribution is 1.27. The van der Waals surface area contributed by atoms with E-state index in [1.165, 1.54) is 12.2 Å². The van der Waals surface area contributed by atoms with E-state index in [1.54, 1.807) is 11.8 Å². The van der Waals surface area contributed by atoms with Gasteiger partial charge in [-0.3, -0.25) is 0 Å². The van der Waals surface area contributed by atoms with E-state index in [2.05, 4.69) is 11.5 Å². The van der Waals surface area contributed by atoms with Gasteiger partial charge in [0.05, 0.1) is 0 Å². The molecule has 0 bridgehead atoms. The maximum atomic E-state index is 3.01. The fourth-order valence-corrected chi connectivity index (χ4v) is 0.884. The van der Waals surface area contributed by atoms with Crippen LogP contribution in [0.2, 0.25) is 0 Å². The van der Waals surface area contributed by atoms with Crippen molar-refractivity contribution in [2.45, 2.75) is 6.42 Å². The van der Waals surface area contributed by atoms with Crippen LogP contribution in [0.3, 0.4) is 0 Å². The Kier molecular flexibility index (Phi) is 0.991. The Labute approximate surface area is 36.3 Å². The van der Waals surface area contributed by atoms with Crippen molar-refractivity contribution in [1.29, 1.82) is 0 Å². The van der Waals surface area contributed by atoms with Crippen LogP contribution in [-0.4, -0.2) is 5.75 Å². The quantitative estimate of drug-likeness (QED) is 0.429. The van der Waals surface area contributed by atoms with Gasteiger partial charge >= 0.3 is 0 Å². The van der Waals surface area contributed by atoms with Crippen LogP contribution in [-0.2, 0) is 0 Å². The molecule has 1 heteroatoms. The van der Waals surface area contributed by atoms with E-state index in [9.17, 15) is 0 Å². The molecule has 0 fully saturated rings. The molecule has 1 heterocycles. The second kappa shape index (κ2) is 1.51. The first-order valence-electron chi connectivity index (χ1n) is 1.69. The van der Waals surface area contributed by atoms with Crippen molar-refractivity contribution in [1.82, 2.24) is 0 Å². The molecule has 0 aromatic rings. The van der Waals surface area contributed by atoms with E-state index in [-0.39, 0.29) is 0 Å². The average molecular weight is 85.2 g/mol. The standard InChI is InChI=1S/C4H5S/c1-2-4-5-3-1/h1H,2,4H2. The van der Waals surface area contributed by atoms with E-state index in [4.69, 9.17) is 0 Å². The molecule has 0 atom stereocenters. The molecule has 0 aliphatic carbocycles. The summed E-state index contributed by atoms with van der Waals surface area (Å²) in [7, 11) is 0. The molecule has 0 saturated carbocycles. The third-order valence-corrected chi connectivity index (χ3v) is 1.30. The van der Waals surface area contributed by atoms with Crippen molar-refractivity contribution < 1.29 is 0 Å². The molecule has 0 aromatic heterocycles. The lowest BCUT2D eigenvalue weighted by Crippen LogP contribution is -1.56. The zero-order chi connectivity index (χ0) is 3.54. The molecule has 1 radical (unpaired) electrons. The molecule has 0 unspecified atom stereocenters. The molecule has 27 valence electrons. The van der Waals surface area contributed by atoms with Crippen LogP contribution in [0.1, 0.15) is 6.42 Å². The second-order valence-electron chi connectivity index (χ2n) is 0.959. The third-order valence-electron chi connectivity index (χ3n) is 0.531. The Morgan fingerprint density at radius 1 is 1.80 bits per heavy atom. The molecule has 1 rings (SSSR count). The number of hydrogen-bond acceptors (Lipinski definition) is 1. The fraction of sp³-hybridized carbons (Fsp3) is 0.500. The van der Waals surface area contributed by atoms with Gasteiger partial charge in [-0.15, -0.1) is 11.8 Å². The smallest absolute Gasteiger partial charge is 0.0165 e. The van der Waals surface area contributed by atoms with Crippen molar-refractivity contribution in [3.05, 3.63) is 11.5 Å². The van der Waals surface area contributed by atoms with Gasteiger partial charge in [0.2, 0.25) is 0 Å². The predicted molar refractivity (Wildman–Crippen MR) is 24.9 cm³/mol. The van der Waals surface area contributed by atoms with Crippen molar-refractivity contribution in [3.63, 3.8) is 0 Å². The summed E-state index contributed by atoms with van der Waals surface area (Å²) < 4.78 is 0. The first-order chi connectivity index (χ1) is 2.50. The fourth-order valence-electron chi connectivity index (χ4n) is 0.295. The highest BCUT2D eigenvalue weighted by atomic mass is 32.2. The minimum Gasteiger partial charge on any atom is -0.125 e. The molecule has 0 spiro atoms. The number of thioether (sulfide) groups is 1. The second-order valence-corrected chi connectivity index (χ2v) is 1.89. The lowest BCUT2D eigenvalue weighted by atomic mass is 10.5. The summed E-state index contributed by atoms with van der Waals surface area (Å²) in [5, 5.41) is 3.01. The Morgan fingerprint density at radius 3 is 3.00 bits per heavy atom. The average Bonchev–Trinajstić information content (AvgIpc) is 1.76. The van der Waals surface area contributed by atoms with Gasteiger partial charge in [-0.25, -0.2) is 0 Å². The number of allylic oxidation sites excluding steroid dienone is 1. The van der Waals surface area contributed by atoms with Crippen molar-refractivity contribution in [2.75, 3.05) is 5.75 Å². The van der Waals surface area contributed by atoms with Gasteiger partial charge in [0.25, 0.3) is 0 Å². The largest absolute Gasteiger partial charge is 0.125 e. The van der Waals surface area contributed by atoms with Gasteiger partial charge in [0.1, 0.15) is 0 Å². The summed E-state index contributed by atoms with van der Waals surface area (Å²) in [4.78, 5) is 0. The summed E-state index contributed by atoms with van der Waals surface area (Å²) >= 11 is 1.77. The Morgan fingerprint density at radius 2 is 2.80 bits per heavy atom. The minimum absolute atomic E-state index is 1.23. The maximum Gasteiger partial charge on any atom is 0.0165 e. The molecule has 0 saturated heterocycles. The Balaban J connectivity index is 2.32. The topological polar surface area (TPSA) is 0 Å². The predicted octanol–water partition coefficient (Wildman–Crippen LogP) is 1.44. The summed E-state index contributed by atoms with van der Waals surface area (Å²) in [6, 6.07) is 0. The molecule has 0 aromatic carbocycles. The van der Waals surface area contributed by atoms with Crippen molar-refractivity contribution in [2.24, 2.45) is 0 Å². The van der Waals surface area contributed by atoms with E-state index < -0.39 is 0 Å². The van der Waals surface area contributed by atoms with Crippen LogP contribution in [0.4, 0.5) is 0 Å². The van der Waals surface area contributed by atoms with E-state index in [1.807, 2.05) is 0 Å². The Bertz CT molecular complexity index is 41.6. The zero-order valence-corrected chi connectivity index (χ0v) is 3.72. The van der Waals surface area contributed by atoms with Gasteiger partial charge in [-0.2, -0.15) is 0 Å². The van der Waals surface area contributed by atoms with Gasteiger partial charge in [-0.05, 0) is 6.42 Å². The molecule has 1 aliphatic heterocycles. The van der Waals surface area contributed by atoms with E-state index in [0.717, 1.165) is 0 Å². The molecule has 5 heavy (non-hydrogen) atoms. The Hall–Kier alpha value is 0.0900. The first kappa shape index (κ1) is 3.29. The van der Waals surface area contributed by atoms with Crippen molar-refractivity contribution >= 4 is 11.8 Å². The van der Waals surface area contributed by atoms with Crippen LogP contribution in [0.25, 0.3) is 0 Å². The molecule has 0 nitrogen and oxygen atoms in total. The SMILES string of the molecule is [C]1=CCCS1. The van der Waals surface area contributed by atoms with Gasteiger partial charge in [0.15, 0.2) is 0 Å². The lowest BCUT2D eigenvalue weighted by Gasteiger charge is -1.68. The molecule has 1 aliphatic rings. The summed E-state index contributed by atoms with van der Waals surface area (Å²) in [5.41, 5.74) is 0. The van der Waals surface area contributed by atoms with Gasteiger partial charge in [0, 0.05) is 11.2 Å². The van der Waals surface area contributed by atoms with Gasteiger partial charge < -0.3 is 0 Å². The maximum absolute atomic E-state index is 3.01. The monoisotopic (exact) mass is 85.0 g/mol. The van der Waals surface area contributed by atoms with Crippen LogP contribution >= 0.6 is 11.8 Å². The summed E-state index contributed by atoms with van der Waals surface area (Å²) in [6.45, 7) is 0. The van der Waals surface area contributed by atoms with E-state index in [0.29, 0.717) is 0 Å². The number of rotatable bonds is 0. The van der Waals surface area contributed by atoms with E-state index >= 15 is 0 Å². The van der Waals surface area contributed by atoms with Crippen LogP contribution in [0.5, 0.6) is 0 Å². The zero-order valence-electron chi connectivity index (χ0n) is 2.90. The number of hydrogen-bond donors (Lipinski definition) is 0. The van der Waals surface area contributed by atoms with Crippen LogP contribution in [0, 0.1) is 5.41 Å². The van der Waals surface area contributed by atoms with Gasteiger partial charge in [-0.1, -0.05) is 6.08 Å². The van der Waals surface area contributed by atoms with Crippen LogP contribution in [0.15, 0.2) is 6.08 Å². The summed E-state index contributed by atoms with van der Waals surface area (Å²) in [6.07, 6.45) is 3.30. The molecule has 0 amide bonds. The molecular formula is C4H5S. The highest BCUT2D eigenvalue weighted by Gasteiger charge is 1.86. The van der Waals surface area contributed by atoms with Crippen molar-refractivity contribution in [3.8, 4) is 0 Å². The third kappa shape index (κ3) is 0.690. The normalized spacial score (nSPS) is 20.8. The first-order valence-corrected chi connectivity index (χ1v) is 2.68. The highest BCUT2D eigenvalue weighted by Crippen LogP contribution is 2.10. The minimum atomic E-state index is 1.23. The summed E-state index contributed by atoms with van der Waals surface area (Å²) in [5.74, 6) is 1.25. The van der Waals surface area contributed by atoms with Crippen LogP contribution < -0.4 is 0 Å².